The first kappa shape index (κ1) is 17.4. The van der Waals surface area contributed by atoms with Gasteiger partial charge in [0.25, 0.3) is 0 Å². The molecule has 1 aromatic heterocycles. The van der Waals surface area contributed by atoms with E-state index in [9.17, 15) is 22.0 Å². The molecule has 2 aromatic rings. The predicted octanol–water partition coefficient (Wildman–Crippen LogP) is 2.69. The third-order valence-electron chi connectivity index (χ3n) is 2.88. The highest BCUT2D eigenvalue weighted by molar-refractivity contribution is 7.90. The molecular formula is C13H11ClF2N2O4S. The summed E-state index contributed by atoms with van der Waals surface area (Å²) in [6, 6.07) is 3.56. The lowest BCUT2D eigenvalue weighted by Crippen LogP contribution is -2.11. The van der Waals surface area contributed by atoms with Crippen molar-refractivity contribution in [1.29, 1.82) is 0 Å². The summed E-state index contributed by atoms with van der Waals surface area (Å²) in [7, 11) is -3.53. The van der Waals surface area contributed by atoms with Crippen LogP contribution in [0.2, 0.25) is 5.02 Å². The third-order valence-corrected chi connectivity index (χ3v) is 4.32. The van der Waals surface area contributed by atoms with Crippen molar-refractivity contribution < 1.29 is 26.7 Å². The van der Waals surface area contributed by atoms with Crippen molar-refractivity contribution in [3.63, 3.8) is 0 Å². The van der Waals surface area contributed by atoms with Gasteiger partial charge in [0.1, 0.15) is 6.61 Å². The number of aromatic nitrogens is 2. The zero-order valence-electron chi connectivity index (χ0n) is 11.7. The van der Waals surface area contributed by atoms with Crippen molar-refractivity contribution in [2.45, 2.75) is 18.1 Å². The molecule has 0 N–H and O–H groups in total. The van der Waals surface area contributed by atoms with E-state index in [4.69, 9.17) is 16.3 Å². The Morgan fingerprint density at radius 1 is 1.43 bits per heavy atom. The summed E-state index contributed by atoms with van der Waals surface area (Å²) in [4.78, 5) is 15.5. The average molecular weight is 365 g/mol. The van der Waals surface area contributed by atoms with E-state index in [1.54, 1.807) is 0 Å². The second kappa shape index (κ2) is 6.63. The zero-order valence-corrected chi connectivity index (χ0v) is 13.3. The normalized spacial score (nSPS) is 11.7. The summed E-state index contributed by atoms with van der Waals surface area (Å²) in [6.07, 6.45) is 3.17. The van der Waals surface area contributed by atoms with Crippen LogP contribution in [0.5, 0.6) is 0 Å². The van der Waals surface area contributed by atoms with Crippen molar-refractivity contribution in [3.05, 3.63) is 47.0 Å². The van der Waals surface area contributed by atoms with Crippen LogP contribution >= 0.6 is 11.6 Å². The first-order valence-electron chi connectivity index (χ1n) is 6.16. The molecule has 0 spiro atoms. The van der Waals surface area contributed by atoms with E-state index in [0.717, 1.165) is 24.7 Å². The van der Waals surface area contributed by atoms with E-state index in [0.29, 0.717) is 4.57 Å². The van der Waals surface area contributed by atoms with Crippen LogP contribution in [0.3, 0.4) is 0 Å². The summed E-state index contributed by atoms with van der Waals surface area (Å²) in [5.41, 5.74) is -0.176. The van der Waals surface area contributed by atoms with Gasteiger partial charge in [0.15, 0.2) is 15.7 Å². The number of carbonyl (C=O) groups is 1. The van der Waals surface area contributed by atoms with Crippen molar-refractivity contribution in [2.75, 3.05) is 6.26 Å². The average Bonchev–Trinajstić information content (AvgIpc) is 2.92. The van der Waals surface area contributed by atoms with E-state index >= 15 is 0 Å². The second-order valence-electron chi connectivity index (χ2n) is 4.52. The molecular weight excluding hydrogens is 354 g/mol. The Bertz CT molecular complexity index is 836. The Balaban J connectivity index is 2.19. The lowest BCUT2D eigenvalue weighted by Gasteiger charge is -2.09. The summed E-state index contributed by atoms with van der Waals surface area (Å²) in [5.74, 6) is -1.09. The maximum absolute atomic E-state index is 12.7. The Morgan fingerprint density at radius 2 is 2.13 bits per heavy atom. The van der Waals surface area contributed by atoms with Crippen LogP contribution in [-0.2, 0) is 21.2 Å². The van der Waals surface area contributed by atoms with Gasteiger partial charge in [0, 0.05) is 18.6 Å². The Kier molecular flexibility index (Phi) is 5.00. The van der Waals surface area contributed by atoms with Gasteiger partial charge >= 0.3 is 12.5 Å². The van der Waals surface area contributed by atoms with Crippen molar-refractivity contribution >= 4 is 27.4 Å². The first-order chi connectivity index (χ1) is 10.7. The Hall–Kier alpha value is -2.00. The van der Waals surface area contributed by atoms with E-state index in [1.807, 2.05) is 0 Å². The Labute approximate surface area is 135 Å². The molecule has 0 fully saturated rings. The van der Waals surface area contributed by atoms with Crippen LogP contribution in [0.4, 0.5) is 8.78 Å². The molecule has 1 heterocycles. The molecule has 10 heteroatoms. The molecule has 6 nitrogen and oxygen atoms in total. The fraction of sp³-hybridized carbons (Fsp3) is 0.231. The van der Waals surface area contributed by atoms with Crippen LogP contribution in [0, 0.1) is 0 Å². The van der Waals surface area contributed by atoms with Gasteiger partial charge in [-0.1, -0.05) is 11.6 Å². The van der Waals surface area contributed by atoms with Crippen LogP contribution < -0.4 is 0 Å². The van der Waals surface area contributed by atoms with Gasteiger partial charge in [-0.15, -0.1) is 0 Å². The van der Waals surface area contributed by atoms with Crippen molar-refractivity contribution in [1.82, 2.24) is 9.55 Å². The van der Waals surface area contributed by atoms with Gasteiger partial charge in [-0.2, -0.15) is 8.78 Å². The Morgan fingerprint density at radius 3 is 2.74 bits per heavy atom. The highest BCUT2D eigenvalue weighted by Gasteiger charge is 2.18. The molecule has 0 aliphatic heterocycles. The summed E-state index contributed by atoms with van der Waals surface area (Å²) >= 11 is 5.85. The molecule has 0 aliphatic rings. The lowest BCUT2D eigenvalue weighted by molar-refractivity contribution is 0.0376. The topological polar surface area (TPSA) is 78.3 Å². The minimum Gasteiger partial charge on any atom is -0.454 e. The van der Waals surface area contributed by atoms with E-state index < -0.39 is 29.0 Å². The van der Waals surface area contributed by atoms with Crippen molar-refractivity contribution in [2.24, 2.45) is 0 Å². The molecule has 2 rings (SSSR count). The second-order valence-corrected chi connectivity index (χ2v) is 6.94. The molecule has 0 saturated heterocycles. The third kappa shape index (κ3) is 4.05. The smallest absolute Gasteiger partial charge is 0.340 e. The number of hydrogen-bond acceptors (Lipinski definition) is 5. The fourth-order valence-electron chi connectivity index (χ4n) is 1.73. The molecule has 0 atom stereocenters. The number of alkyl halides is 2. The van der Waals surface area contributed by atoms with Crippen LogP contribution in [0.25, 0.3) is 0 Å². The zero-order chi connectivity index (χ0) is 17.2. The summed E-state index contributed by atoms with van der Waals surface area (Å²) < 4.78 is 53.7. The molecule has 0 amide bonds. The number of nitrogens with zero attached hydrogens (tertiary/aromatic N) is 2. The summed E-state index contributed by atoms with van der Waals surface area (Å²) in [6.45, 7) is -3.32. The largest absolute Gasteiger partial charge is 0.454 e. The van der Waals surface area contributed by atoms with Crippen LogP contribution in [0.1, 0.15) is 22.7 Å². The minimum atomic E-state index is -3.53. The molecule has 0 saturated carbocycles. The number of halogens is 3. The standard InChI is InChI=1S/C13H11ClF2N2O4S/c1-23(20,21)8-2-3-10(14)9(6-8)12(19)22-7-11-17-4-5-18(11)13(15)16/h2-6,13H,7H2,1H3. The van der Waals surface area contributed by atoms with Gasteiger partial charge < -0.3 is 4.74 Å². The minimum absolute atomic E-state index is 0.0143. The number of esters is 1. The highest BCUT2D eigenvalue weighted by atomic mass is 35.5. The van der Waals surface area contributed by atoms with Gasteiger partial charge in [-0.25, -0.2) is 18.2 Å². The quantitative estimate of drug-likeness (QED) is 0.762. The SMILES string of the molecule is CS(=O)(=O)c1ccc(Cl)c(C(=O)OCc2nccn2C(F)F)c1. The number of imidazole rings is 1. The first-order valence-corrected chi connectivity index (χ1v) is 8.43. The number of sulfone groups is 1. The van der Waals surface area contributed by atoms with Crippen molar-refractivity contribution in [3.8, 4) is 0 Å². The molecule has 0 bridgehead atoms. The molecule has 124 valence electrons. The molecule has 0 unspecified atom stereocenters. The number of hydrogen-bond donors (Lipinski definition) is 0. The molecule has 0 radical (unpaired) electrons. The number of benzene rings is 1. The van der Waals surface area contributed by atoms with Gasteiger partial charge in [-0.05, 0) is 18.2 Å². The molecule has 23 heavy (non-hydrogen) atoms. The van der Waals surface area contributed by atoms with E-state index in [-0.39, 0.29) is 21.3 Å². The van der Waals surface area contributed by atoms with Gasteiger partial charge in [-0.3, -0.25) is 4.57 Å². The van der Waals surface area contributed by atoms with E-state index in [1.165, 1.54) is 12.1 Å². The van der Waals surface area contributed by atoms with E-state index in [2.05, 4.69) is 4.98 Å². The number of ether oxygens (including phenoxy) is 1. The maximum Gasteiger partial charge on any atom is 0.340 e. The molecule has 1 aromatic carbocycles. The van der Waals surface area contributed by atoms with Crippen LogP contribution in [-0.4, -0.2) is 30.2 Å². The van der Waals surface area contributed by atoms with Crippen LogP contribution in [0.15, 0.2) is 35.5 Å². The molecule has 0 aliphatic carbocycles. The fourth-order valence-corrected chi connectivity index (χ4v) is 2.57. The highest BCUT2D eigenvalue weighted by Crippen LogP contribution is 2.22. The summed E-state index contributed by atoms with van der Waals surface area (Å²) in [5, 5.41) is -0.0143. The lowest BCUT2D eigenvalue weighted by atomic mass is 10.2. The predicted molar refractivity (Wildman–Crippen MR) is 77.2 cm³/mol. The maximum atomic E-state index is 12.7. The monoisotopic (exact) mass is 364 g/mol. The van der Waals surface area contributed by atoms with Gasteiger partial charge in [0.2, 0.25) is 0 Å². The number of carbonyl (C=O) groups excluding carboxylic acids is 1. The number of rotatable bonds is 5. The van der Waals surface area contributed by atoms with Gasteiger partial charge in [0.05, 0.1) is 15.5 Å².